The summed E-state index contributed by atoms with van der Waals surface area (Å²) < 4.78 is 5.95. The van der Waals surface area contributed by atoms with Gasteiger partial charge >= 0.3 is 12.1 Å². The second-order valence-corrected chi connectivity index (χ2v) is 8.89. The van der Waals surface area contributed by atoms with Crippen LogP contribution in [-0.4, -0.2) is 35.7 Å². The average molecular weight is 535 g/mol. The van der Waals surface area contributed by atoms with Crippen molar-refractivity contribution in [1.29, 1.82) is 0 Å². The summed E-state index contributed by atoms with van der Waals surface area (Å²) in [6.07, 6.45) is 0.992. The molecule has 1 atom stereocenters. The molecule has 3 aromatic rings. The molecule has 7 nitrogen and oxygen atoms in total. The smallest absolute Gasteiger partial charge is 0.407 e. The first-order valence-corrected chi connectivity index (χ1v) is 11.7. The number of rotatable bonds is 8. The molecule has 8 heteroatoms. The van der Waals surface area contributed by atoms with E-state index in [2.05, 4.69) is 45.3 Å². The molecule has 0 saturated carbocycles. The Bertz CT molecular complexity index is 1260. The maximum absolute atomic E-state index is 12.8. The van der Waals surface area contributed by atoms with Crippen LogP contribution in [0.2, 0.25) is 0 Å². The summed E-state index contributed by atoms with van der Waals surface area (Å²) in [6, 6.07) is 19.4. The Morgan fingerprint density at radius 3 is 2.23 bits per heavy atom. The van der Waals surface area contributed by atoms with Gasteiger partial charge in [0.05, 0.1) is 11.3 Å². The number of halogens is 1. The van der Waals surface area contributed by atoms with Gasteiger partial charge in [-0.05, 0) is 62.8 Å². The largest absolute Gasteiger partial charge is 0.478 e. The van der Waals surface area contributed by atoms with Crippen molar-refractivity contribution in [2.75, 3.05) is 11.9 Å². The number of hydrogen-bond acceptors (Lipinski definition) is 4. The van der Waals surface area contributed by atoms with Crippen LogP contribution < -0.4 is 10.6 Å². The fourth-order valence-electron chi connectivity index (χ4n) is 4.15. The molecule has 1 aliphatic rings. The third kappa shape index (κ3) is 5.27. The van der Waals surface area contributed by atoms with Crippen LogP contribution in [0.5, 0.6) is 0 Å². The highest BCUT2D eigenvalue weighted by Crippen LogP contribution is 2.44. The van der Waals surface area contributed by atoms with E-state index in [0.717, 1.165) is 22.3 Å². The summed E-state index contributed by atoms with van der Waals surface area (Å²) >= 11 is 3.26. The van der Waals surface area contributed by atoms with Crippen LogP contribution in [0.15, 0.2) is 83.9 Å². The van der Waals surface area contributed by atoms with E-state index in [9.17, 15) is 14.4 Å². The molecule has 4 rings (SSSR count). The van der Waals surface area contributed by atoms with E-state index in [1.807, 2.05) is 36.4 Å². The maximum atomic E-state index is 12.8. The molecule has 0 radical (unpaired) electrons. The summed E-state index contributed by atoms with van der Waals surface area (Å²) in [4.78, 5) is 36.6. The van der Waals surface area contributed by atoms with Crippen molar-refractivity contribution in [1.82, 2.24) is 5.32 Å². The van der Waals surface area contributed by atoms with Crippen molar-refractivity contribution in [2.24, 2.45) is 0 Å². The van der Waals surface area contributed by atoms with E-state index in [1.54, 1.807) is 0 Å². The zero-order valence-corrected chi connectivity index (χ0v) is 20.2. The minimum absolute atomic E-state index is 0.0780. The number of aromatic carboxylic acids is 1. The zero-order valence-electron chi connectivity index (χ0n) is 18.7. The number of anilines is 1. The molecule has 0 saturated heterocycles. The lowest BCUT2D eigenvalue weighted by Gasteiger charge is -2.19. The number of benzene rings is 3. The van der Waals surface area contributed by atoms with E-state index in [-0.39, 0.29) is 24.5 Å². The molecule has 178 valence electrons. The monoisotopic (exact) mass is 534 g/mol. The van der Waals surface area contributed by atoms with Gasteiger partial charge in [0.25, 0.3) is 0 Å². The van der Waals surface area contributed by atoms with E-state index in [4.69, 9.17) is 9.84 Å². The number of ether oxygens (including phenoxy) is 1. The summed E-state index contributed by atoms with van der Waals surface area (Å²) in [6.45, 7) is 3.79. The molecule has 1 unspecified atom stereocenters. The maximum Gasteiger partial charge on any atom is 0.407 e. The van der Waals surface area contributed by atoms with Crippen LogP contribution in [0.3, 0.4) is 0 Å². The molecule has 2 amide bonds. The molecule has 1 aliphatic carbocycles. The lowest BCUT2D eigenvalue weighted by Crippen LogP contribution is -2.44. The van der Waals surface area contributed by atoms with Crippen molar-refractivity contribution in [3.8, 4) is 11.1 Å². The minimum Gasteiger partial charge on any atom is -0.478 e. The molecule has 0 fully saturated rings. The van der Waals surface area contributed by atoms with Crippen LogP contribution in [0.1, 0.15) is 33.8 Å². The Hall–Kier alpha value is -3.91. The first-order valence-electron chi connectivity index (χ1n) is 10.9. The van der Waals surface area contributed by atoms with Gasteiger partial charge in [0.1, 0.15) is 12.6 Å². The van der Waals surface area contributed by atoms with Crippen LogP contribution >= 0.6 is 15.9 Å². The minimum atomic E-state index is -1.08. The van der Waals surface area contributed by atoms with Gasteiger partial charge in [-0.3, -0.25) is 4.79 Å². The molecule has 0 heterocycles. The summed E-state index contributed by atoms with van der Waals surface area (Å²) in [5.74, 6) is -1.66. The first-order chi connectivity index (χ1) is 16.9. The molecule has 3 aromatic carbocycles. The molecule has 3 N–H and O–H groups in total. The third-order valence-electron chi connectivity index (χ3n) is 5.83. The van der Waals surface area contributed by atoms with Gasteiger partial charge < -0.3 is 20.5 Å². The Labute approximate surface area is 210 Å². The number of carbonyl (C=O) groups is 3. The molecule has 0 aromatic heterocycles. The zero-order chi connectivity index (χ0) is 24.9. The van der Waals surface area contributed by atoms with E-state index >= 15 is 0 Å². The second-order valence-electron chi connectivity index (χ2n) is 8.04. The van der Waals surface area contributed by atoms with Crippen molar-refractivity contribution in [2.45, 2.75) is 18.4 Å². The van der Waals surface area contributed by atoms with Gasteiger partial charge in [0.2, 0.25) is 5.91 Å². The second kappa shape index (κ2) is 10.6. The third-order valence-corrected chi connectivity index (χ3v) is 6.48. The van der Waals surface area contributed by atoms with E-state index in [0.29, 0.717) is 10.2 Å². The molecule has 0 spiro atoms. The Morgan fingerprint density at radius 2 is 1.66 bits per heavy atom. The van der Waals surface area contributed by atoms with Gasteiger partial charge in [-0.25, -0.2) is 9.59 Å². The van der Waals surface area contributed by atoms with Crippen molar-refractivity contribution in [3.05, 3.63) is 101 Å². The van der Waals surface area contributed by atoms with E-state index < -0.39 is 24.0 Å². The Balaban J connectivity index is 1.41. The highest BCUT2D eigenvalue weighted by molar-refractivity contribution is 9.10. The Kier molecular flexibility index (Phi) is 7.31. The van der Waals surface area contributed by atoms with Gasteiger partial charge in [0.15, 0.2) is 0 Å². The summed E-state index contributed by atoms with van der Waals surface area (Å²) in [5, 5.41) is 14.4. The fraction of sp³-hybridized carbons (Fsp3) is 0.148. The molecule has 0 bridgehead atoms. The van der Waals surface area contributed by atoms with Gasteiger partial charge in [-0.1, -0.05) is 54.6 Å². The molecular formula is C27H23BrN2O5. The molecule has 0 aliphatic heterocycles. The fourth-order valence-corrected chi connectivity index (χ4v) is 4.63. The average Bonchev–Trinajstić information content (AvgIpc) is 3.17. The van der Waals surface area contributed by atoms with Crippen molar-refractivity contribution < 1.29 is 24.2 Å². The van der Waals surface area contributed by atoms with Crippen molar-refractivity contribution in [3.63, 3.8) is 0 Å². The number of fused-ring (bicyclic) bond motifs is 3. The predicted octanol–water partition coefficient (Wildman–Crippen LogP) is 5.57. The number of hydrogen-bond donors (Lipinski definition) is 3. The predicted molar refractivity (Wildman–Crippen MR) is 137 cm³/mol. The van der Waals surface area contributed by atoms with Gasteiger partial charge in [0, 0.05) is 10.4 Å². The normalized spacial score (nSPS) is 12.7. The van der Waals surface area contributed by atoms with Crippen molar-refractivity contribution >= 4 is 39.6 Å². The molecular weight excluding hydrogens is 512 g/mol. The SMILES string of the molecule is C=CCC(NC(=O)OCC1c2ccccc2-c2ccccc21)C(=O)Nc1ccc(C(=O)O)cc1Br. The Morgan fingerprint density at radius 1 is 1.03 bits per heavy atom. The topological polar surface area (TPSA) is 105 Å². The number of alkyl carbamates (subject to hydrolysis) is 1. The van der Waals surface area contributed by atoms with Gasteiger partial charge in [-0.2, -0.15) is 0 Å². The standard InChI is InChI=1S/C27H23BrN2O5/c1-2-7-24(25(31)29-23-13-12-16(26(32)33)14-22(23)28)30-27(34)35-15-21-19-10-5-3-8-17(19)18-9-4-6-11-20(18)21/h2-6,8-14,21,24H,1,7,15H2,(H,29,31)(H,30,34)(H,32,33). The van der Waals surface area contributed by atoms with Crippen LogP contribution in [0.25, 0.3) is 11.1 Å². The van der Waals surface area contributed by atoms with Crippen LogP contribution in [0.4, 0.5) is 10.5 Å². The van der Waals surface area contributed by atoms with Crippen LogP contribution in [-0.2, 0) is 9.53 Å². The molecule has 35 heavy (non-hydrogen) atoms. The summed E-state index contributed by atoms with van der Waals surface area (Å²) in [7, 11) is 0. The number of carboxylic acids is 1. The first kappa shape index (κ1) is 24.2. The number of carboxylic acid groups (broad SMARTS) is 1. The van der Waals surface area contributed by atoms with E-state index in [1.165, 1.54) is 24.3 Å². The van der Waals surface area contributed by atoms with Crippen LogP contribution in [0, 0.1) is 0 Å². The highest BCUT2D eigenvalue weighted by atomic mass is 79.9. The lowest BCUT2D eigenvalue weighted by atomic mass is 9.98. The number of carbonyl (C=O) groups excluding carboxylic acids is 2. The lowest BCUT2D eigenvalue weighted by molar-refractivity contribution is -0.118. The van der Waals surface area contributed by atoms with Gasteiger partial charge in [-0.15, -0.1) is 6.58 Å². The summed E-state index contributed by atoms with van der Waals surface area (Å²) in [5.41, 5.74) is 4.90. The number of amides is 2. The highest BCUT2D eigenvalue weighted by Gasteiger charge is 2.29. The quantitative estimate of drug-likeness (QED) is 0.327. The number of nitrogens with one attached hydrogen (secondary N) is 2.